The summed E-state index contributed by atoms with van der Waals surface area (Å²) >= 11 is 0. The lowest BCUT2D eigenvalue weighted by atomic mass is 10.1. The van der Waals surface area contributed by atoms with E-state index in [1.54, 1.807) is 19.1 Å². The normalized spacial score (nSPS) is 15.0. The van der Waals surface area contributed by atoms with Crippen molar-refractivity contribution in [1.82, 2.24) is 15.2 Å². The van der Waals surface area contributed by atoms with Gasteiger partial charge in [0.2, 0.25) is 0 Å². The van der Waals surface area contributed by atoms with Crippen LogP contribution in [-0.2, 0) is 4.74 Å². The summed E-state index contributed by atoms with van der Waals surface area (Å²) in [5.74, 6) is 0.233. The number of nitrogens with zero attached hydrogens (tertiary/aromatic N) is 2. The third kappa shape index (κ3) is 4.74. The Kier molecular flexibility index (Phi) is 6.05. The van der Waals surface area contributed by atoms with Gasteiger partial charge in [-0.3, -0.25) is 10.7 Å². The molecule has 0 saturated carbocycles. The first kappa shape index (κ1) is 19.6. The maximum Gasteiger partial charge on any atom is 0.320 e. The van der Waals surface area contributed by atoms with Gasteiger partial charge in [0.1, 0.15) is 17.5 Å². The number of morpholine rings is 1. The molecule has 1 fully saturated rings. The van der Waals surface area contributed by atoms with E-state index in [0.717, 1.165) is 5.56 Å². The number of amides is 2. The van der Waals surface area contributed by atoms with Crippen LogP contribution >= 0.6 is 0 Å². The smallest absolute Gasteiger partial charge is 0.320 e. The number of hydrogen-bond donors (Lipinski definition) is 4. The molecule has 0 spiro atoms. The van der Waals surface area contributed by atoms with Crippen molar-refractivity contribution in [2.24, 2.45) is 0 Å². The number of hydrogen-bond acceptors (Lipinski definition) is 5. The van der Waals surface area contributed by atoms with E-state index in [2.05, 4.69) is 15.6 Å². The summed E-state index contributed by atoms with van der Waals surface area (Å²) in [6.07, 6.45) is 1.48. The third-order valence-electron chi connectivity index (χ3n) is 4.48. The van der Waals surface area contributed by atoms with Gasteiger partial charge in [0.05, 0.1) is 24.8 Å². The van der Waals surface area contributed by atoms with Crippen molar-refractivity contribution in [3.8, 4) is 0 Å². The standard InChI is InChI=1S/C19H23FN6O2/c1-12(13-2-4-14(20)5-3-13)24-19(27)25-17-10-16(21)15(11-23-17)18(22)26-6-8-28-9-7-26/h2-5,10-12,22H,6-9H2,1H3,(H4,21,23,24,25,27)/t12-/m1/s1. The zero-order chi connectivity index (χ0) is 20.1. The average molecular weight is 386 g/mol. The van der Waals surface area contributed by atoms with Gasteiger partial charge in [-0.15, -0.1) is 0 Å². The third-order valence-corrected chi connectivity index (χ3v) is 4.48. The highest BCUT2D eigenvalue weighted by Gasteiger charge is 2.18. The fourth-order valence-corrected chi connectivity index (χ4v) is 2.88. The second-order valence-corrected chi connectivity index (χ2v) is 6.48. The lowest BCUT2D eigenvalue weighted by molar-refractivity contribution is 0.0680. The Hall–Kier alpha value is -3.20. The van der Waals surface area contributed by atoms with Crippen molar-refractivity contribution in [2.75, 3.05) is 37.4 Å². The minimum Gasteiger partial charge on any atom is -0.398 e. The van der Waals surface area contributed by atoms with Crippen molar-refractivity contribution in [3.63, 3.8) is 0 Å². The summed E-state index contributed by atoms with van der Waals surface area (Å²) in [5.41, 5.74) is 7.70. The summed E-state index contributed by atoms with van der Waals surface area (Å²) in [5, 5.41) is 13.7. The number of urea groups is 1. The summed E-state index contributed by atoms with van der Waals surface area (Å²) in [7, 11) is 0. The number of halogens is 1. The minimum absolute atomic E-state index is 0.278. The monoisotopic (exact) mass is 386 g/mol. The van der Waals surface area contributed by atoms with Gasteiger partial charge < -0.3 is 20.7 Å². The van der Waals surface area contributed by atoms with Gasteiger partial charge >= 0.3 is 6.03 Å². The molecule has 9 heteroatoms. The van der Waals surface area contributed by atoms with E-state index in [9.17, 15) is 9.18 Å². The Morgan fingerprint density at radius 1 is 1.32 bits per heavy atom. The van der Waals surface area contributed by atoms with Gasteiger partial charge in [-0.25, -0.2) is 14.2 Å². The van der Waals surface area contributed by atoms with Gasteiger partial charge in [0, 0.05) is 31.0 Å². The molecule has 1 saturated heterocycles. The lowest BCUT2D eigenvalue weighted by Crippen LogP contribution is -2.41. The molecule has 28 heavy (non-hydrogen) atoms. The number of ether oxygens (including phenoxy) is 1. The number of nitrogen functional groups attached to an aromatic ring is 1. The molecule has 1 aliphatic rings. The molecule has 2 amide bonds. The van der Waals surface area contributed by atoms with Crippen LogP contribution < -0.4 is 16.4 Å². The molecular formula is C19H23FN6O2. The highest BCUT2D eigenvalue weighted by Crippen LogP contribution is 2.18. The van der Waals surface area contributed by atoms with E-state index < -0.39 is 6.03 Å². The van der Waals surface area contributed by atoms with Gasteiger partial charge in [-0.05, 0) is 24.6 Å². The first-order valence-corrected chi connectivity index (χ1v) is 8.94. The number of benzene rings is 1. The molecule has 3 rings (SSSR count). The Morgan fingerprint density at radius 3 is 2.64 bits per heavy atom. The van der Waals surface area contributed by atoms with Crippen molar-refractivity contribution in [1.29, 1.82) is 5.41 Å². The topological polar surface area (TPSA) is 116 Å². The number of aromatic nitrogens is 1. The second-order valence-electron chi connectivity index (χ2n) is 6.48. The highest BCUT2D eigenvalue weighted by atomic mass is 19.1. The number of carbonyl (C=O) groups is 1. The molecule has 0 radical (unpaired) electrons. The first-order valence-electron chi connectivity index (χ1n) is 8.94. The Morgan fingerprint density at radius 2 is 2.00 bits per heavy atom. The molecule has 8 nitrogen and oxygen atoms in total. The van der Waals surface area contributed by atoms with Crippen molar-refractivity contribution >= 4 is 23.4 Å². The number of anilines is 2. The Balaban J connectivity index is 1.61. The predicted molar refractivity (Wildman–Crippen MR) is 105 cm³/mol. The van der Waals surface area contributed by atoms with Crippen LogP contribution in [0.25, 0.3) is 0 Å². The number of nitrogens with two attached hydrogens (primary N) is 1. The quantitative estimate of drug-likeness (QED) is 0.475. The van der Waals surface area contributed by atoms with Crippen LogP contribution in [-0.4, -0.2) is 48.1 Å². The maximum absolute atomic E-state index is 13.0. The molecule has 1 aromatic carbocycles. The van der Waals surface area contributed by atoms with Crippen LogP contribution in [0.4, 0.5) is 20.7 Å². The molecule has 0 aliphatic carbocycles. The first-order chi connectivity index (χ1) is 13.4. The number of amidine groups is 1. The van der Waals surface area contributed by atoms with Crippen LogP contribution in [0.5, 0.6) is 0 Å². The fourth-order valence-electron chi connectivity index (χ4n) is 2.88. The van der Waals surface area contributed by atoms with Crippen LogP contribution in [0.15, 0.2) is 36.5 Å². The fraction of sp³-hybridized carbons (Fsp3) is 0.316. The zero-order valence-corrected chi connectivity index (χ0v) is 15.5. The molecule has 1 aromatic heterocycles. The van der Waals surface area contributed by atoms with Crippen LogP contribution in [0, 0.1) is 11.2 Å². The minimum atomic E-state index is -0.459. The molecule has 1 aliphatic heterocycles. The number of pyridine rings is 1. The Labute approximate surface area is 162 Å². The Bertz CT molecular complexity index is 852. The summed E-state index contributed by atoms with van der Waals surface area (Å²) < 4.78 is 18.3. The summed E-state index contributed by atoms with van der Waals surface area (Å²) in [6, 6.07) is 6.66. The SMILES string of the molecule is C[C@@H](NC(=O)Nc1cc(N)c(C(=N)N2CCOCC2)cn1)c1ccc(F)cc1. The van der Waals surface area contributed by atoms with Crippen LogP contribution in [0.1, 0.15) is 24.1 Å². The summed E-state index contributed by atoms with van der Waals surface area (Å²) in [4.78, 5) is 18.3. The second kappa shape index (κ2) is 8.66. The van der Waals surface area contributed by atoms with Gasteiger partial charge in [0.25, 0.3) is 0 Å². The van der Waals surface area contributed by atoms with Crippen LogP contribution in [0.3, 0.4) is 0 Å². The molecule has 148 valence electrons. The number of carbonyl (C=O) groups excluding carboxylic acids is 1. The van der Waals surface area contributed by atoms with E-state index >= 15 is 0 Å². The van der Waals surface area contributed by atoms with E-state index in [1.165, 1.54) is 24.4 Å². The molecule has 0 bridgehead atoms. The average Bonchev–Trinajstić information content (AvgIpc) is 2.68. The van der Waals surface area contributed by atoms with E-state index in [1.807, 2.05) is 4.90 Å². The van der Waals surface area contributed by atoms with Crippen molar-refractivity contribution in [2.45, 2.75) is 13.0 Å². The molecule has 2 heterocycles. The maximum atomic E-state index is 13.0. The number of nitrogens with one attached hydrogen (secondary N) is 3. The highest BCUT2D eigenvalue weighted by molar-refractivity contribution is 6.01. The van der Waals surface area contributed by atoms with Gasteiger partial charge in [0.15, 0.2) is 0 Å². The van der Waals surface area contributed by atoms with Gasteiger partial charge in [-0.2, -0.15) is 0 Å². The molecular weight excluding hydrogens is 363 g/mol. The van der Waals surface area contributed by atoms with Gasteiger partial charge in [-0.1, -0.05) is 12.1 Å². The van der Waals surface area contributed by atoms with E-state index in [-0.39, 0.29) is 23.5 Å². The predicted octanol–water partition coefficient (Wildman–Crippen LogP) is 2.34. The van der Waals surface area contributed by atoms with E-state index in [0.29, 0.717) is 37.6 Å². The van der Waals surface area contributed by atoms with Crippen molar-refractivity contribution < 1.29 is 13.9 Å². The number of rotatable bonds is 4. The van der Waals surface area contributed by atoms with E-state index in [4.69, 9.17) is 15.9 Å². The zero-order valence-electron chi connectivity index (χ0n) is 15.5. The van der Waals surface area contributed by atoms with Crippen molar-refractivity contribution in [3.05, 3.63) is 53.5 Å². The molecule has 1 atom stereocenters. The summed E-state index contributed by atoms with van der Waals surface area (Å²) in [6.45, 7) is 4.19. The lowest BCUT2D eigenvalue weighted by Gasteiger charge is -2.29. The van der Waals surface area contributed by atoms with Crippen LogP contribution in [0.2, 0.25) is 0 Å². The largest absolute Gasteiger partial charge is 0.398 e. The molecule has 5 N–H and O–H groups in total. The molecule has 0 unspecified atom stereocenters. The molecule has 2 aromatic rings.